The lowest BCUT2D eigenvalue weighted by Gasteiger charge is -2.13. The van der Waals surface area contributed by atoms with Gasteiger partial charge < -0.3 is 20.5 Å². The highest BCUT2D eigenvalue weighted by Gasteiger charge is 2.14. The first-order valence-corrected chi connectivity index (χ1v) is 7.99. The summed E-state index contributed by atoms with van der Waals surface area (Å²) in [7, 11) is 1.48. The molecule has 136 valence electrons. The van der Waals surface area contributed by atoms with Gasteiger partial charge in [0, 0.05) is 20.2 Å². The molecule has 5 nitrogen and oxygen atoms in total. The lowest BCUT2D eigenvalue weighted by molar-refractivity contribution is -0.130. The van der Waals surface area contributed by atoms with Crippen LogP contribution in [-0.4, -0.2) is 32.2 Å². The molecule has 1 unspecified atom stereocenters. The molecular weight excluding hydrogens is 340 g/mol. The Morgan fingerprint density at radius 3 is 2.36 bits per heavy atom. The minimum atomic E-state index is -0.584. The van der Waals surface area contributed by atoms with Crippen molar-refractivity contribution in [2.24, 2.45) is 5.73 Å². The molecule has 0 aromatic heterocycles. The van der Waals surface area contributed by atoms with Gasteiger partial charge in [0.1, 0.15) is 18.5 Å². The van der Waals surface area contributed by atoms with Gasteiger partial charge in [-0.25, -0.2) is 0 Å². The molecule has 2 aromatic carbocycles. The highest BCUT2D eigenvalue weighted by Crippen LogP contribution is 2.14. The summed E-state index contributed by atoms with van der Waals surface area (Å²) in [6.07, 6.45) is 0.157. The number of rotatable bonds is 9. The van der Waals surface area contributed by atoms with Crippen LogP contribution >= 0.6 is 12.4 Å². The zero-order chi connectivity index (χ0) is 17.2. The zero-order valence-corrected chi connectivity index (χ0v) is 15.1. The van der Waals surface area contributed by atoms with Crippen LogP contribution in [0.1, 0.15) is 11.1 Å². The van der Waals surface area contributed by atoms with Crippen molar-refractivity contribution in [1.29, 1.82) is 0 Å². The maximum absolute atomic E-state index is 11.7. The minimum absolute atomic E-state index is 0. The molecule has 0 spiro atoms. The van der Waals surface area contributed by atoms with Gasteiger partial charge in [-0.05, 0) is 29.7 Å². The van der Waals surface area contributed by atoms with E-state index in [1.807, 2.05) is 54.6 Å². The summed E-state index contributed by atoms with van der Waals surface area (Å²) in [5, 5.41) is 2.82. The Morgan fingerprint density at radius 2 is 1.76 bits per heavy atom. The summed E-state index contributed by atoms with van der Waals surface area (Å²) in [6, 6.07) is 17.9. The van der Waals surface area contributed by atoms with Crippen molar-refractivity contribution in [3.05, 3.63) is 65.7 Å². The molecule has 0 radical (unpaired) electrons. The molecule has 6 heteroatoms. The number of hydrogen-bond acceptors (Lipinski definition) is 4. The Balaban J connectivity index is 0.00000312. The van der Waals surface area contributed by atoms with Crippen LogP contribution in [0.4, 0.5) is 0 Å². The second-order valence-corrected chi connectivity index (χ2v) is 5.42. The standard InChI is InChI=1S/C19H24N2O3.ClH/c1-23-18(13-20)19(22)21-12-11-15-7-9-17(10-8-15)24-14-16-5-3-2-4-6-16;/h2-10,18H,11-14,20H2,1H3,(H,21,22);1H. The monoisotopic (exact) mass is 364 g/mol. The average molecular weight is 365 g/mol. The van der Waals surface area contributed by atoms with Gasteiger partial charge in [0.05, 0.1) is 0 Å². The van der Waals surface area contributed by atoms with E-state index < -0.39 is 6.10 Å². The smallest absolute Gasteiger partial charge is 0.250 e. The molecular formula is C19H25ClN2O3. The Kier molecular flexibility index (Phi) is 9.62. The topological polar surface area (TPSA) is 73.6 Å². The molecule has 0 aliphatic heterocycles. The predicted octanol–water partition coefficient (Wildman–Crippen LogP) is 2.32. The predicted molar refractivity (Wildman–Crippen MR) is 101 cm³/mol. The SMILES string of the molecule is COC(CN)C(=O)NCCc1ccc(OCc2ccccc2)cc1.Cl. The van der Waals surface area contributed by atoms with Crippen molar-refractivity contribution in [3.8, 4) is 5.75 Å². The van der Waals surface area contributed by atoms with Gasteiger partial charge in [-0.2, -0.15) is 0 Å². The molecule has 0 fully saturated rings. The second kappa shape index (κ2) is 11.5. The molecule has 0 saturated heterocycles. The first-order chi connectivity index (χ1) is 11.7. The summed E-state index contributed by atoms with van der Waals surface area (Å²) in [5.74, 6) is 0.650. The summed E-state index contributed by atoms with van der Waals surface area (Å²) in [5.41, 5.74) is 7.72. The highest BCUT2D eigenvalue weighted by molar-refractivity contribution is 5.85. The number of carbonyl (C=O) groups is 1. The Bertz CT molecular complexity index is 616. The molecule has 2 rings (SSSR count). The summed E-state index contributed by atoms with van der Waals surface area (Å²) >= 11 is 0. The maximum atomic E-state index is 11.7. The lowest BCUT2D eigenvalue weighted by atomic mass is 10.1. The first kappa shape index (κ1) is 21.0. The van der Waals surface area contributed by atoms with E-state index in [1.54, 1.807) is 0 Å². The molecule has 0 bridgehead atoms. The Morgan fingerprint density at radius 1 is 1.08 bits per heavy atom. The largest absolute Gasteiger partial charge is 0.489 e. The van der Waals surface area contributed by atoms with Crippen molar-refractivity contribution in [3.63, 3.8) is 0 Å². The Hall–Kier alpha value is -2.08. The highest BCUT2D eigenvalue weighted by atomic mass is 35.5. The van der Waals surface area contributed by atoms with Crippen molar-refractivity contribution in [2.75, 3.05) is 20.2 Å². The molecule has 2 aromatic rings. The number of hydrogen-bond donors (Lipinski definition) is 2. The molecule has 0 saturated carbocycles. The van der Waals surface area contributed by atoms with Gasteiger partial charge in [-0.15, -0.1) is 12.4 Å². The van der Waals surface area contributed by atoms with Crippen molar-refractivity contribution in [1.82, 2.24) is 5.32 Å². The average Bonchev–Trinajstić information content (AvgIpc) is 2.63. The van der Waals surface area contributed by atoms with E-state index in [2.05, 4.69) is 5.32 Å². The number of methoxy groups -OCH3 is 1. The van der Waals surface area contributed by atoms with E-state index in [0.29, 0.717) is 13.2 Å². The van der Waals surface area contributed by atoms with Crippen LogP contribution in [0.5, 0.6) is 5.75 Å². The zero-order valence-electron chi connectivity index (χ0n) is 14.3. The van der Waals surface area contributed by atoms with Crippen molar-refractivity contribution in [2.45, 2.75) is 19.1 Å². The van der Waals surface area contributed by atoms with Crippen molar-refractivity contribution < 1.29 is 14.3 Å². The first-order valence-electron chi connectivity index (χ1n) is 7.99. The van der Waals surface area contributed by atoms with E-state index >= 15 is 0 Å². The van der Waals surface area contributed by atoms with E-state index in [1.165, 1.54) is 7.11 Å². The van der Waals surface area contributed by atoms with Gasteiger partial charge in [-0.1, -0.05) is 42.5 Å². The van der Waals surface area contributed by atoms with Crippen LogP contribution in [0.25, 0.3) is 0 Å². The number of benzene rings is 2. The van der Waals surface area contributed by atoms with E-state index in [4.69, 9.17) is 15.2 Å². The van der Waals surface area contributed by atoms with Crippen LogP contribution < -0.4 is 15.8 Å². The van der Waals surface area contributed by atoms with Crippen molar-refractivity contribution >= 4 is 18.3 Å². The van der Waals surface area contributed by atoms with Crippen LogP contribution in [0.2, 0.25) is 0 Å². The number of nitrogens with two attached hydrogens (primary N) is 1. The molecule has 0 aliphatic rings. The Labute approximate surface area is 154 Å². The molecule has 3 N–H and O–H groups in total. The number of ether oxygens (including phenoxy) is 2. The third kappa shape index (κ3) is 7.13. The fraction of sp³-hybridized carbons (Fsp3) is 0.316. The lowest BCUT2D eigenvalue weighted by Crippen LogP contribution is -2.41. The fourth-order valence-corrected chi connectivity index (χ4v) is 2.25. The quantitative estimate of drug-likeness (QED) is 0.716. The number of carbonyl (C=O) groups excluding carboxylic acids is 1. The molecule has 1 atom stereocenters. The molecule has 1 amide bonds. The minimum Gasteiger partial charge on any atom is -0.489 e. The number of nitrogens with one attached hydrogen (secondary N) is 1. The third-order valence-corrected chi connectivity index (χ3v) is 3.68. The van der Waals surface area contributed by atoms with Gasteiger partial charge in [0.25, 0.3) is 0 Å². The third-order valence-electron chi connectivity index (χ3n) is 3.68. The summed E-state index contributed by atoms with van der Waals surface area (Å²) < 4.78 is 10.7. The molecule has 0 heterocycles. The maximum Gasteiger partial charge on any atom is 0.250 e. The number of halogens is 1. The summed E-state index contributed by atoms with van der Waals surface area (Å²) in [4.78, 5) is 11.7. The summed E-state index contributed by atoms with van der Waals surface area (Å²) in [6.45, 7) is 1.27. The van der Waals surface area contributed by atoms with E-state index in [0.717, 1.165) is 23.3 Å². The van der Waals surface area contributed by atoms with Crippen LogP contribution in [0.15, 0.2) is 54.6 Å². The van der Waals surface area contributed by atoms with Gasteiger partial charge in [0.15, 0.2) is 0 Å². The van der Waals surface area contributed by atoms with Crippen LogP contribution in [0.3, 0.4) is 0 Å². The fourth-order valence-electron chi connectivity index (χ4n) is 2.25. The van der Waals surface area contributed by atoms with Crippen LogP contribution in [-0.2, 0) is 22.6 Å². The molecule has 0 aliphatic carbocycles. The van der Waals surface area contributed by atoms with Gasteiger partial charge >= 0.3 is 0 Å². The molecule has 25 heavy (non-hydrogen) atoms. The second-order valence-electron chi connectivity index (χ2n) is 5.42. The normalized spacial score (nSPS) is 11.3. The van der Waals surface area contributed by atoms with E-state index in [-0.39, 0.29) is 24.9 Å². The van der Waals surface area contributed by atoms with Gasteiger partial charge in [-0.3, -0.25) is 4.79 Å². The van der Waals surface area contributed by atoms with E-state index in [9.17, 15) is 4.79 Å². The number of amides is 1. The van der Waals surface area contributed by atoms with Gasteiger partial charge in [0.2, 0.25) is 5.91 Å². The van der Waals surface area contributed by atoms with Crippen LogP contribution in [0, 0.1) is 0 Å².